The summed E-state index contributed by atoms with van der Waals surface area (Å²) in [5, 5.41) is 11.8. The molecule has 4 nitrogen and oxygen atoms in total. The van der Waals surface area contributed by atoms with Gasteiger partial charge in [0.25, 0.3) is 0 Å². The van der Waals surface area contributed by atoms with Crippen LogP contribution in [-0.2, 0) is 6.54 Å². The van der Waals surface area contributed by atoms with Crippen LogP contribution in [-0.4, -0.2) is 20.2 Å². The predicted molar refractivity (Wildman–Crippen MR) is 50.7 cm³/mol. The van der Waals surface area contributed by atoms with E-state index in [4.69, 9.17) is 0 Å². The molecule has 68 valence electrons. The van der Waals surface area contributed by atoms with Gasteiger partial charge in [-0.25, -0.2) is 0 Å². The van der Waals surface area contributed by atoms with Gasteiger partial charge in [0.05, 0.1) is 6.54 Å². The van der Waals surface area contributed by atoms with E-state index in [1.54, 1.807) is 16.1 Å². The third-order valence-corrected chi connectivity index (χ3v) is 2.63. The first-order valence-corrected chi connectivity index (χ1v) is 4.85. The van der Waals surface area contributed by atoms with E-state index >= 15 is 0 Å². The van der Waals surface area contributed by atoms with Gasteiger partial charge in [-0.1, -0.05) is 0 Å². The first-order chi connectivity index (χ1) is 6.24. The van der Waals surface area contributed by atoms with Crippen LogP contribution in [0.3, 0.4) is 0 Å². The fraction of sp³-hybridized carbons (Fsp3) is 0.375. The Labute approximate surface area is 80.2 Å². The third-order valence-electron chi connectivity index (χ3n) is 1.65. The summed E-state index contributed by atoms with van der Waals surface area (Å²) in [6, 6.07) is 4.20. The molecular weight excluding hydrogens is 184 g/mol. The minimum absolute atomic E-state index is 0.716. The SMILES string of the molecule is Cc1nnn(Cc2ccc(C)s2)n1. The molecule has 0 saturated heterocycles. The van der Waals surface area contributed by atoms with Gasteiger partial charge in [-0.3, -0.25) is 0 Å². The Balaban J connectivity index is 2.14. The molecule has 0 radical (unpaired) electrons. The van der Waals surface area contributed by atoms with E-state index in [-0.39, 0.29) is 0 Å². The Bertz CT molecular complexity index is 365. The van der Waals surface area contributed by atoms with Gasteiger partial charge in [0.2, 0.25) is 0 Å². The fourth-order valence-corrected chi connectivity index (χ4v) is 1.97. The first kappa shape index (κ1) is 8.37. The summed E-state index contributed by atoms with van der Waals surface area (Å²) < 4.78 is 0. The molecule has 0 aliphatic heterocycles. The van der Waals surface area contributed by atoms with Crippen molar-refractivity contribution >= 4 is 11.3 Å². The lowest BCUT2D eigenvalue weighted by Gasteiger charge is -1.92. The van der Waals surface area contributed by atoms with Crippen molar-refractivity contribution < 1.29 is 0 Å². The minimum atomic E-state index is 0.716. The number of rotatable bonds is 2. The highest BCUT2D eigenvalue weighted by molar-refractivity contribution is 7.11. The largest absolute Gasteiger partial charge is 0.171 e. The summed E-state index contributed by atoms with van der Waals surface area (Å²) in [6.45, 7) is 4.65. The number of aryl methyl sites for hydroxylation is 2. The molecule has 2 aromatic heterocycles. The van der Waals surface area contributed by atoms with Gasteiger partial charge in [-0.2, -0.15) is 4.80 Å². The Morgan fingerprint density at radius 1 is 1.38 bits per heavy atom. The van der Waals surface area contributed by atoms with Gasteiger partial charge in [0, 0.05) is 9.75 Å². The normalized spacial score (nSPS) is 10.6. The van der Waals surface area contributed by atoms with E-state index in [1.165, 1.54) is 9.75 Å². The van der Waals surface area contributed by atoms with Crippen LogP contribution in [0.4, 0.5) is 0 Å². The highest BCUT2D eigenvalue weighted by Gasteiger charge is 2.00. The van der Waals surface area contributed by atoms with Crippen molar-refractivity contribution in [1.29, 1.82) is 0 Å². The Kier molecular flexibility index (Phi) is 2.10. The molecule has 2 aromatic rings. The maximum Gasteiger partial charge on any atom is 0.171 e. The zero-order chi connectivity index (χ0) is 9.26. The molecule has 0 aliphatic carbocycles. The Morgan fingerprint density at radius 2 is 2.23 bits per heavy atom. The Morgan fingerprint density at radius 3 is 2.77 bits per heavy atom. The number of hydrogen-bond donors (Lipinski definition) is 0. The maximum absolute atomic E-state index is 4.12. The van der Waals surface area contributed by atoms with E-state index in [2.05, 4.69) is 34.5 Å². The molecule has 0 N–H and O–H groups in total. The lowest BCUT2D eigenvalue weighted by atomic mass is 10.4. The molecule has 0 fully saturated rings. The van der Waals surface area contributed by atoms with Gasteiger partial charge < -0.3 is 0 Å². The van der Waals surface area contributed by atoms with E-state index < -0.39 is 0 Å². The van der Waals surface area contributed by atoms with E-state index in [1.807, 2.05) is 6.92 Å². The molecule has 0 aliphatic rings. The maximum atomic E-state index is 4.12. The van der Waals surface area contributed by atoms with Gasteiger partial charge in [-0.15, -0.1) is 21.5 Å². The molecule has 2 heterocycles. The van der Waals surface area contributed by atoms with E-state index in [9.17, 15) is 0 Å². The van der Waals surface area contributed by atoms with Crippen molar-refractivity contribution in [3.05, 3.63) is 27.7 Å². The second-order valence-corrected chi connectivity index (χ2v) is 4.25. The van der Waals surface area contributed by atoms with Crippen molar-refractivity contribution in [2.24, 2.45) is 0 Å². The lowest BCUT2D eigenvalue weighted by Crippen LogP contribution is -2.02. The van der Waals surface area contributed by atoms with Gasteiger partial charge in [0.15, 0.2) is 5.82 Å². The third kappa shape index (κ3) is 1.92. The monoisotopic (exact) mass is 194 g/mol. The lowest BCUT2D eigenvalue weighted by molar-refractivity contribution is 0.576. The second-order valence-electron chi connectivity index (χ2n) is 2.88. The van der Waals surface area contributed by atoms with Gasteiger partial charge >= 0.3 is 0 Å². The number of thiophene rings is 1. The number of nitrogens with zero attached hydrogens (tertiary/aromatic N) is 4. The van der Waals surface area contributed by atoms with Crippen LogP contribution in [0.15, 0.2) is 12.1 Å². The van der Waals surface area contributed by atoms with Crippen LogP contribution in [0.5, 0.6) is 0 Å². The summed E-state index contributed by atoms with van der Waals surface area (Å²) in [5.41, 5.74) is 0. The van der Waals surface area contributed by atoms with Gasteiger partial charge in [0.1, 0.15) is 0 Å². The van der Waals surface area contributed by atoms with Crippen LogP contribution < -0.4 is 0 Å². The molecule has 2 rings (SSSR count). The number of aromatic nitrogens is 4. The van der Waals surface area contributed by atoms with Crippen molar-refractivity contribution in [1.82, 2.24) is 20.2 Å². The van der Waals surface area contributed by atoms with Crippen LogP contribution in [0.2, 0.25) is 0 Å². The molecule has 0 aromatic carbocycles. The average Bonchev–Trinajstić information content (AvgIpc) is 2.62. The van der Waals surface area contributed by atoms with Crippen molar-refractivity contribution in [3.8, 4) is 0 Å². The summed E-state index contributed by atoms with van der Waals surface area (Å²) in [7, 11) is 0. The van der Waals surface area contributed by atoms with Crippen molar-refractivity contribution in [2.45, 2.75) is 20.4 Å². The smallest absolute Gasteiger partial charge is 0.159 e. The summed E-state index contributed by atoms with van der Waals surface area (Å²) in [6.07, 6.45) is 0. The molecule has 13 heavy (non-hydrogen) atoms. The summed E-state index contributed by atoms with van der Waals surface area (Å²) in [4.78, 5) is 4.18. The molecular formula is C8H10N4S. The number of tetrazole rings is 1. The van der Waals surface area contributed by atoms with Crippen molar-refractivity contribution in [3.63, 3.8) is 0 Å². The zero-order valence-electron chi connectivity index (χ0n) is 7.56. The zero-order valence-corrected chi connectivity index (χ0v) is 8.38. The van der Waals surface area contributed by atoms with Crippen molar-refractivity contribution in [2.75, 3.05) is 0 Å². The Hall–Kier alpha value is -1.23. The minimum Gasteiger partial charge on any atom is -0.159 e. The molecule has 0 unspecified atom stereocenters. The summed E-state index contributed by atoms with van der Waals surface area (Å²) >= 11 is 1.76. The van der Waals surface area contributed by atoms with Crippen LogP contribution in [0, 0.1) is 13.8 Å². The average molecular weight is 194 g/mol. The number of hydrogen-bond acceptors (Lipinski definition) is 4. The van der Waals surface area contributed by atoms with E-state index in [0.717, 1.165) is 6.54 Å². The summed E-state index contributed by atoms with van der Waals surface area (Å²) in [5.74, 6) is 0.716. The molecule has 0 atom stereocenters. The molecule has 0 bridgehead atoms. The fourth-order valence-electron chi connectivity index (χ4n) is 1.10. The van der Waals surface area contributed by atoms with Crippen LogP contribution in [0.25, 0.3) is 0 Å². The quantitative estimate of drug-likeness (QED) is 0.725. The molecule has 0 saturated carbocycles. The van der Waals surface area contributed by atoms with Crippen LogP contribution in [0.1, 0.15) is 15.6 Å². The van der Waals surface area contributed by atoms with E-state index in [0.29, 0.717) is 5.82 Å². The molecule has 0 spiro atoms. The predicted octanol–water partition coefficient (Wildman–Crippen LogP) is 1.40. The first-order valence-electron chi connectivity index (χ1n) is 4.04. The highest BCUT2D eigenvalue weighted by Crippen LogP contribution is 2.15. The topological polar surface area (TPSA) is 43.6 Å². The second kappa shape index (κ2) is 3.26. The molecule has 0 amide bonds. The van der Waals surface area contributed by atoms with Crippen LogP contribution >= 0.6 is 11.3 Å². The standard InChI is InChI=1S/C8H10N4S/c1-6-3-4-8(13-6)5-12-10-7(2)9-11-12/h3-4H,5H2,1-2H3. The molecule has 5 heteroatoms. The van der Waals surface area contributed by atoms with Gasteiger partial charge in [-0.05, 0) is 31.2 Å². The highest BCUT2D eigenvalue weighted by atomic mass is 32.1.